The van der Waals surface area contributed by atoms with Gasteiger partial charge in [-0.1, -0.05) is 25.1 Å². The van der Waals surface area contributed by atoms with Crippen molar-refractivity contribution < 1.29 is 4.79 Å². The van der Waals surface area contributed by atoms with Crippen molar-refractivity contribution in [3.63, 3.8) is 0 Å². The SMILES string of the molecule is CC1CCN(C(=O)Cc2n[nH]c(=O)c3ccccc23)CC1. The topological polar surface area (TPSA) is 66.1 Å². The second kappa shape index (κ2) is 5.68. The minimum Gasteiger partial charge on any atom is -0.342 e. The number of carbonyl (C=O) groups excluding carboxylic acids is 1. The van der Waals surface area contributed by atoms with Crippen LogP contribution in [-0.2, 0) is 11.2 Å². The molecule has 5 heteroatoms. The van der Waals surface area contributed by atoms with Crippen LogP contribution in [0.2, 0.25) is 0 Å². The Morgan fingerprint density at radius 2 is 1.95 bits per heavy atom. The van der Waals surface area contributed by atoms with Crippen molar-refractivity contribution in [1.29, 1.82) is 0 Å². The number of fused-ring (bicyclic) bond motifs is 1. The molecule has 0 aliphatic carbocycles. The van der Waals surface area contributed by atoms with Crippen LogP contribution in [0.15, 0.2) is 29.1 Å². The first-order valence-corrected chi connectivity index (χ1v) is 7.39. The largest absolute Gasteiger partial charge is 0.342 e. The molecule has 1 aromatic carbocycles. The van der Waals surface area contributed by atoms with Gasteiger partial charge >= 0.3 is 0 Å². The zero-order valence-electron chi connectivity index (χ0n) is 12.1. The highest BCUT2D eigenvalue weighted by atomic mass is 16.2. The van der Waals surface area contributed by atoms with E-state index in [2.05, 4.69) is 17.1 Å². The number of rotatable bonds is 2. The van der Waals surface area contributed by atoms with E-state index in [1.54, 1.807) is 6.07 Å². The summed E-state index contributed by atoms with van der Waals surface area (Å²) in [5.41, 5.74) is 0.433. The fourth-order valence-corrected chi connectivity index (χ4v) is 2.82. The molecule has 21 heavy (non-hydrogen) atoms. The fourth-order valence-electron chi connectivity index (χ4n) is 2.82. The molecule has 1 aliphatic heterocycles. The fraction of sp³-hybridized carbons (Fsp3) is 0.438. The first-order valence-electron chi connectivity index (χ1n) is 7.39. The first kappa shape index (κ1) is 13.8. The molecule has 0 atom stereocenters. The standard InChI is InChI=1S/C16H19N3O2/c1-11-6-8-19(9-7-11)15(20)10-14-12-4-2-3-5-13(12)16(21)18-17-14/h2-5,11H,6-10H2,1H3,(H,18,21). The Labute approximate surface area is 123 Å². The Balaban J connectivity index is 1.83. The van der Waals surface area contributed by atoms with Crippen molar-refractivity contribution in [2.24, 2.45) is 5.92 Å². The molecule has 1 amide bonds. The summed E-state index contributed by atoms with van der Waals surface area (Å²) < 4.78 is 0. The Bertz CT molecular complexity index is 715. The summed E-state index contributed by atoms with van der Waals surface area (Å²) in [6.45, 7) is 3.86. The lowest BCUT2D eigenvalue weighted by molar-refractivity contribution is -0.131. The first-order chi connectivity index (χ1) is 10.1. The summed E-state index contributed by atoms with van der Waals surface area (Å²) in [5, 5.41) is 7.90. The lowest BCUT2D eigenvalue weighted by Crippen LogP contribution is -2.39. The predicted molar refractivity (Wildman–Crippen MR) is 81.0 cm³/mol. The highest BCUT2D eigenvalue weighted by molar-refractivity contribution is 5.88. The van der Waals surface area contributed by atoms with Gasteiger partial charge in [-0.15, -0.1) is 0 Å². The molecule has 1 aromatic heterocycles. The normalized spacial score (nSPS) is 16.3. The van der Waals surface area contributed by atoms with Gasteiger partial charge in [-0.05, 0) is 24.8 Å². The van der Waals surface area contributed by atoms with E-state index in [4.69, 9.17) is 0 Å². The number of hydrogen-bond acceptors (Lipinski definition) is 3. The van der Waals surface area contributed by atoms with Crippen LogP contribution in [-0.4, -0.2) is 34.1 Å². The molecule has 3 rings (SSSR count). The molecule has 0 saturated carbocycles. The van der Waals surface area contributed by atoms with Crippen molar-refractivity contribution >= 4 is 16.7 Å². The van der Waals surface area contributed by atoms with Gasteiger partial charge in [-0.25, -0.2) is 5.10 Å². The molecule has 1 N–H and O–H groups in total. The number of likely N-dealkylation sites (tertiary alicyclic amines) is 1. The molecule has 0 bridgehead atoms. The number of piperidine rings is 1. The average molecular weight is 285 g/mol. The number of amides is 1. The maximum absolute atomic E-state index is 12.4. The molecule has 2 aromatic rings. The Hall–Kier alpha value is -2.17. The summed E-state index contributed by atoms with van der Waals surface area (Å²) >= 11 is 0. The molecule has 0 unspecified atom stereocenters. The summed E-state index contributed by atoms with van der Waals surface area (Å²) in [7, 11) is 0. The zero-order chi connectivity index (χ0) is 14.8. The number of nitrogens with one attached hydrogen (secondary N) is 1. The average Bonchev–Trinajstić information content (AvgIpc) is 2.51. The molecular weight excluding hydrogens is 266 g/mol. The van der Waals surface area contributed by atoms with E-state index in [1.165, 1.54) is 0 Å². The smallest absolute Gasteiger partial charge is 0.272 e. The Morgan fingerprint density at radius 3 is 2.67 bits per heavy atom. The second-order valence-corrected chi connectivity index (χ2v) is 5.79. The van der Waals surface area contributed by atoms with E-state index < -0.39 is 0 Å². The third-order valence-electron chi connectivity index (χ3n) is 4.23. The summed E-state index contributed by atoms with van der Waals surface area (Å²) in [4.78, 5) is 26.0. The third kappa shape index (κ3) is 2.82. The molecule has 0 spiro atoms. The zero-order valence-corrected chi connectivity index (χ0v) is 12.1. The number of hydrogen-bond donors (Lipinski definition) is 1. The highest BCUT2D eigenvalue weighted by Gasteiger charge is 2.21. The van der Waals surface area contributed by atoms with Gasteiger partial charge in [0, 0.05) is 18.5 Å². The van der Waals surface area contributed by atoms with Crippen LogP contribution in [0.3, 0.4) is 0 Å². The van der Waals surface area contributed by atoms with Crippen LogP contribution >= 0.6 is 0 Å². The maximum Gasteiger partial charge on any atom is 0.272 e. The Kier molecular flexibility index (Phi) is 3.73. The van der Waals surface area contributed by atoms with Gasteiger partial charge in [0.15, 0.2) is 0 Å². The van der Waals surface area contributed by atoms with Crippen LogP contribution < -0.4 is 5.56 Å². The molecule has 2 heterocycles. The van der Waals surface area contributed by atoms with Crippen LogP contribution in [0.25, 0.3) is 10.8 Å². The van der Waals surface area contributed by atoms with Crippen LogP contribution in [0.4, 0.5) is 0 Å². The van der Waals surface area contributed by atoms with Crippen molar-refractivity contribution in [3.05, 3.63) is 40.3 Å². The minimum atomic E-state index is -0.214. The van der Waals surface area contributed by atoms with E-state index >= 15 is 0 Å². The van der Waals surface area contributed by atoms with Crippen molar-refractivity contribution in [2.75, 3.05) is 13.1 Å². The number of carbonyl (C=O) groups is 1. The van der Waals surface area contributed by atoms with Crippen LogP contribution in [0, 0.1) is 5.92 Å². The van der Waals surface area contributed by atoms with Gasteiger partial charge in [0.1, 0.15) is 0 Å². The molecule has 5 nitrogen and oxygen atoms in total. The van der Waals surface area contributed by atoms with E-state index in [-0.39, 0.29) is 17.9 Å². The highest BCUT2D eigenvalue weighted by Crippen LogP contribution is 2.18. The van der Waals surface area contributed by atoms with Crippen LogP contribution in [0.1, 0.15) is 25.5 Å². The quantitative estimate of drug-likeness (QED) is 0.913. The van der Waals surface area contributed by atoms with Gasteiger partial charge in [-0.2, -0.15) is 5.10 Å². The number of benzene rings is 1. The number of nitrogens with zero attached hydrogens (tertiary/aromatic N) is 2. The molecule has 1 saturated heterocycles. The third-order valence-corrected chi connectivity index (χ3v) is 4.23. The lowest BCUT2D eigenvalue weighted by Gasteiger charge is -2.30. The van der Waals surface area contributed by atoms with E-state index in [1.807, 2.05) is 23.1 Å². The molecular formula is C16H19N3O2. The van der Waals surface area contributed by atoms with E-state index in [9.17, 15) is 9.59 Å². The van der Waals surface area contributed by atoms with Crippen LogP contribution in [0.5, 0.6) is 0 Å². The molecule has 0 radical (unpaired) electrons. The van der Waals surface area contributed by atoms with Gasteiger partial charge in [0.25, 0.3) is 5.56 Å². The summed E-state index contributed by atoms with van der Waals surface area (Å²) in [6, 6.07) is 7.28. The van der Waals surface area contributed by atoms with Crippen molar-refractivity contribution in [3.8, 4) is 0 Å². The number of aromatic amines is 1. The monoisotopic (exact) mass is 285 g/mol. The van der Waals surface area contributed by atoms with E-state index in [0.29, 0.717) is 17.0 Å². The Morgan fingerprint density at radius 1 is 1.29 bits per heavy atom. The second-order valence-electron chi connectivity index (χ2n) is 5.79. The number of aromatic nitrogens is 2. The molecule has 110 valence electrons. The van der Waals surface area contributed by atoms with E-state index in [0.717, 1.165) is 31.3 Å². The van der Waals surface area contributed by atoms with Gasteiger partial charge in [-0.3, -0.25) is 9.59 Å². The summed E-state index contributed by atoms with van der Waals surface area (Å²) in [5.74, 6) is 0.785. The van der Waals surface area contributed by atoms with Gasteiger partial charge < -0.3 is 4.90 Å². The van der Waals surface area contributed by atoms with Gasteiger partial charge in [0.2, 0.25) is 5.91 Å². The lowest BCUT2D eigenvalue weighted by atomic mass is 9.99. The van der Waals surface area contributed by atoms with Gasteiger partial charge in [0.05, 0.1) is 17.5 Å². The predicted octanol–water partition coefficient (Wildman–Crippen LogP) is 1.72. The van der Waals surface area contributed by atoms with Crippen molar-refractivity contribution in [1.82, 2.24) is 15.1 Å². The maximum atomic E-state index is 12.4. The van der Waals surface area contributed by atoms with Crippen molar-refractivity contribution in [2.45, 2.75) is 26.2 Å². The molecule has 1 aliphatic rings. The minimum absolute atomic E-state index is 0.0894. The molecule has 1 fully saturated rings. The number of H-pyrrole nitrogens is 1. The summed E-state index contributed by atoms with van der Waals surface area (Å²) in [6.07, 6.45) is 2.36.